The Morgan fingerprint density at radius 2 is 1.94 bits per heavy atom. The van der Waals surface area contributed by atoms with Gasteiger partial charge in [0.25, 0.3) is 0 Å². The smallest absolute Gasteiger partial charge is 0.226 e. The Kier molecular flexibility index (Phi) is 4.05. The van der Waals surface area contributed by atoms with Gasteiger partial charge in [0, 0.05) is 19.0 Å². The van der Waals surface area contributed by atoms with E-state index >= 15 is 0 Å². The number of nitrogens with zero attached hydrogens (tertiary/aromatic N) is 1. The number of carbonyl (C=O) groups is 1. The van der Waals surface area contributed by atoms with Crippen molar-refractivity contribution in [1.82, 2.24) is 4.90 Å². The fourth-order valence-corrected chi connectivity index (χ4v) is 3.24. The maximum absolute atomic E-state index is 12.5. The summed E-state index contributed by atoms with van der Waals surface area (Å²) >= 11 is 0. The summed E-state index contributed by atoms with van der Waals surface area (Å²) < 4.78 is 5.66. The molecular formula is C13H24N2O2. The molecule has 2 aliphatic rings. The van der Waals surface area contributed by atoms with Gasteiger partial charge in [-0.1, -0.05) is 6.42 Å². The highest BCUT2D eigenvalue weighted by atomic mass is 16.5. The van der Waals surface area contributed by atoms with E-state index in [1.807, 2.05) is 18.7 Å². The van der Waals surface area contributed by atoms with E-state index in [9.17, 15) is 4.79 Å². The van der Waals surface area contributed by atoms with Crippen LogP contribution in [0.4, 0.5) is 0 Å². The van der Waals surface area contributed by atoms with Gasteiger partial charge in [-0.15, -0.1) is 0 Å². The van der Waals surface area contributed by atoms with Gasteiger partial charge in [0.05, 0.1) is 12.2 Å². The van der Waals surface area contributed by atoms with Gasteiger partial charge in [-0.2, -0.15) is 0 Å². The average Bonchev–Trinajstić information content (AvgIpc) is 2.74. The first-order valence-corrected chi connectivity index (χ1v) is 6.76. The van der Waals surface area contributed by atoms with Crippen molar-refractivity contribution >= 4 is 5.91 Å². The van der Waals surface area contributed by atoms with Crippen molar-refractivity contribution in [2.45, 2.75) is 45.3 Å². The average molecular weight is 240 g/mol. The maximum atomic E-state index is 12.5. The van der Waals surface area contributed by atoms with Crippen LogP contribution < -0.4 is 5.73 Å². The number of carbonyl (C=O) groups excluding carboxylic acids is 1. The number of nitrogens with two attached hydrogens (primary N) is 1. The minimum Gasteiger partial charge on any atom is -0.372 e. The highest BCUT2D eigenvalue weighted by molar-refractivity contribution is 5.79. The van der Waals surface area contributed by atoms with Crippen LogP contribution >= 0.6 is 0 Å². The van der Waals surface area contributed by atoms with E-state index in [1.54, 1.807) is 0 Å². The monoisotopic (exact) mass is 240 g/mol. The SMILES string of the molecule is CC1CN(C(=O)C2CCCC2CN)CC(C)O1. The van der Waals surface area contributed by atoms with E-state index in [0.29, 0.717) is 18.4 Å². The predicted molar refractivity (Wildman–Crippen MR) is 66.5 cm³/mol. The molecule has 0 aromatic rings. The molecule has 1 heterocycles. The van der Waals surface area contributed by atoms with Gasteiger partial charge < -0.3 is 15.4 Å². The summed E-state index contributed by atoms with van der Waals surface area (Å²) in [5.41, 5.74) is 5.75. The zero-order chi connectivity index (χ0) is 12.4. The van der Waals surface area contributed by atoms with Crippen molar-refractivity contribution in [1.29, 1.82) is 0 Å². The lowest BCUT2D eigenvalue weighted by molar-refractivity contribution is -0.148. The minimum absolute atomic E-state index is 0.153. The third-order valence-electron chi connectivity index (χ3n) is 4.01. The van der Waals surface area contributed by atoms with Gasteiger partial charge in [0.2, 0.25) is 5.91 Å². The van der Waals surface area contributed by atoms with E-state index in [4.69, 9.17) is 10.5 Å². The Hall–Kier alpha value is -0.610. The molecule has 0 aromatic carbocycles. The maximum Gasteiger partial charge on any atom is 0.226 e. The molecule has 98 valence electrons. The van der Waals surface area contributed by atoms with Crippen molar-refractivity contribution in [2.75, 3.05) is 19.6 Å². The van der Waals surface area contributed by atoms with E-state index in [0.717, 1.165) is 32.4 Å². The number of hydrogen-bond acceptors (Lipinski definition) is 3. The van der Waals surface area contributed by atoms with Crippen molar-refractivity contribution in [3.8, 4) is 0 Å². The molecule has 4 nitrogen and oxygen atoms in total. The van der Waals surface area contributed by atoms with Crippen LogP contribution in [-0.2, 0) is 9.53 Å². The number of ether oxygens (including phenoxy) is 1. The topological polar surface area (TPSA) is 55.6 Å². The first kappa shape index (κ1) is 12.8. The van der Waals surface area contributed by atoms with Gasteiger partial charge in [-0.3, -0.25) is 4.79 Å². The molecule has 4 unspecified atom stereocenters. The third-order valence-corrected chi connectivity index (χ3v) is 4.01. The molecule has 1 saturated carbocycles. The second kappa shape index (κ2) is 5.36. The molecule has 0 bridgehead atoms. The molecule has 4 atom stereocenters. The van der Waals surface area contributed by atoms with Crippen molar-refractivity contribution in [3.63, 3.8) is 0 Å². The van der Waals surface area contributed by atoms with Crippen LogP contribution in [-0.4, -0.2) is 42.6 Å². The lowest BCUT2D eigenvalue weighted by Crippen LogP contribution is -2.50. The summed E-state index contributed by atoms with van der Waals surface area (Å²) in [5.74, 6) is 0.869. The number of hydrogen-bond donors (Lipinski definition) is 1. The molecule has 0 radical (unpaired) electrons. The van der Waals surface area contributed by atoms with Gasteiger partial charge in [0.1, 0.15) is 0 Å². The molecule has 2 fully saturated rings. The Morgan fingerprint density at radius 1 is 1.29 bits per heavy atom. The van der Waals surface area contributed by atoms with Gasteiger partial charge in [0.15, 0.2) is 0 Å². The first-order valence-electron chi connectivity index (χ1n) is 6.76. The van der Waals surface area contributed by atoms with Crippen LogP contribution in [0.3, 0.4) is 0 Å². The third kappa shape index (κ3) is 2.80. The van der Waals surface area contributed by atoms with Gasteiger partial charge >= 0.3 is 0 Å². The second-order valence-corrected chi connectivity index (χ2v) is 5.53. The zero-order valence-corrected chi connectivity index (χ0v) is 10.9. The molecular weight excluding hydrogens is 216 g/mol. The van der Waals surface area contributed by atoms with Crippen molar-refractivity contribution in [2.24, 2.45) is 17.6 Å². The first-order chi connectivity index (χ1) is 8.11. The van der Waals surface area contributed by atoms with Crippen LogP contribution in [0.25, 0.3) is 0 Å². The van der Waals surface area contributed by atoms with Crippen LogP contribution in [0.15, 0.2) is 0 Å². The molecule has 1 aliphatic carbocycles. The summed E-state index contributed by atoms with van der Waals surface area (Å²) in [7, 11) is 0. The van der Waals surface area contributed by atoms with E-state index in [-0.39, 0.29) is 18.1 Å². The highest BCUT2D eigenvalue weighted by Gasteiger charge is 2.36. The van der Waals surface area contributed by atoms with Crippen LogP contribution in [0, 0.1) is 11.8 Å². The zero-order valence-electron chi connectivity index (χ0n) is 10.9. The molecule has 1 amide bonds. The lowest BCUT2D eigenvalue weighted by Gasteiger charge is -2.37. The van der Waals surface area contributed by atoms with Crippen molar-refractivity contribution < 1.29 is 9.53 Å². The summed E-state index contributed by atoms with van der Waals surface area (Å²) in [6.45, 7) is 6.18. The van der Waals surface area contributed by atoms with Gasteiger partial charge in [-0.05, 0) is 39.2 Å². The molecule has 4 heteroatoms. The Morgan fingerprint density at radius 3 is 2.53 bits per heavy atom. The fraction of sp³-hybridized carbons (Fsp3) is 0.923. The van der Waals surface area contributed by atoms with E-state index < -0.39 is 0 Å². The standard InChI is InChI=1S/C13H24N2O2/c1-9-7-15(8-10(2)17-9)13(16)12-5-3-4-11(12)6-14/h9-12H,3-8,14H2,1-2H3. The number of morpholine rings is 1. The van der Waals surface area contributed by atoms with Gasteiger partial charge in [-0.25, -0.2) is 0 Å². The lowest BCUT2D eigenvalue weighted by atomic mass is 9.94. The van der Waals surface area contributed by atoms with E-state index in [2.05, 4.69) is 0 Å². The molecule has 1 aliphatic heterocycles. The summed E-state index contributed by atoms with van der Waals surface area (Å²) in [6, 6.07) is 0. The quantitative estimate of drug-likeness (QED) is 0.783. The largest absolute Gasteiger partial charge is 0.372 e. The fourth-order valence-electron chi connectivity index (χ4n) is 3.24. The number of amides is 1. The summed E-state index contributed by atoms with van der Waals surface area (Å²) in [5, 5.41) is 0. The Bertz CT molecular complexity index is 273. The van der Waals surface area contributed by atoms with Crippen molar-refractivity contribution in [3.05, 3.63) is 0 Å². The normalized spacial score (nSPS) is 38.4. The molecule has 2 rings (SSSR count). The Balaban J connectivity index is 1.99. The highest BCUT2D eigenvalue weighted by Crippen LogP contribution is 2.33. The summed E-state index contributed by atoms with van der Waals surface area (Å²) in [4.78, 5) is 14.5. The van der Waals surface area contributed by atoms with E-state index in [1.165, 1.54) is 0 Å². The molecule has 2 N–H and O–H groups in total. The molecule has 17 heavy (non-hydrogen) atoms. The second-order valence-electron chi connectivity index (χ2n) is 5.53. The molecule has 0 spiro atoms. The number of rotatable bonds is 2. The van der Waals surface area contributed by atoms with Crippen LogP contribution in [0.2, 0.25) is 0 Å². The molecule has 0 aromatic heterocycles. The minimum atomic E-state index is 0.153. The molecule has 1 saturated heterocycles. The summed E-state index contributed by atoms with van der Waals surface area (Å²) in [6.07, 6.45) is 3.58. The predicted octanol–water partition coefficient (Wildman–Crippen LogP) is 0.997. The van der Waals surface area contributed by atoms with Crippen LogP contribution in [0.5, 0.6) is 0 Å². The Labute approximate surface area is 103 Å². The van der Waals surface area contributed by atoms with Crippen LogP contribution in [0.1, 0.15) is 33.1 Å².